The summed E-state index contributed by atoms with van der Waals surface area (Å²) < 4.78 is -0.416. The number of carbonyl (C=O) groups is 1. The second kappa shape index (κ2) is 9.77. The Morgan fingerprint density at radius 2 is 1.35 bits per heavy atom. The standard InChI is InChI=1S/C26H22N2OS2/c1-27-25(29)23-19-30-24(28-23)17-18-31-26(20-11-5-2-6-12-20,21-13-7-3-8-14-21)22-15-9-4-10-16-22/h2-19H,1H3,(H,27,29). The highest BCUT2D eigenvalue weighted by molar-refractivity contribution is 8.03. The topological polar surface area (TPSA) is 42.0 Å². The van der Waals surface area contributed by atoms with E-state index in [0.29, 0.717) is 5.69 Å². The number of rotatable bonds is 7. The summed E-state index contributed by atoms with van der Waals surface area (Å²) >= 11 is 3.19. The number of nitrogens with one attached hydrogen (secondary N) is 1. The summed E-state index contributed by atoms with van der Waals surface area (Å²) in [5, 5.41) is 7.28. The lowest BCUT2D eigenvalue weighted by molar-refractivity contribution is 0.0959. The Bertz CT molecular complexity index is 1060. The first-order chi connectivity index (χ1) is 15.2. The molecule has 0 bridgehead atoms. The molecule has 0 aliphatic rings. The van der Waals surface area contributed by atoms with Crippen LogP contribution in [0.4, 0.5) is 0 Å². The van der Waals surface area contributed by atoms with Gasteiger partial charge in [0.05, 0.1) is 4.75 Å². The fourth-order valence-corrected chi connectivity index (χ4v) is 5.51. The predicted octanol–water partition coefficient (Wildman–Crippen LogP) is 6.20. The number of nitrogens with zero attached hydrogens (tertiary/aromatic N) is 1. The van der Waals surface area contributed by atoms with Crippen LogP contribution in [0.2, 0.25) is 0 Å². The maximum Gasteiger partial charge on any atom is 0.270 e. The van der Waals surface area contributed by atoms with Gasteiger partial charge in [0.25, 0.3) is 5.91 Å². The van der Waals surface area contributed by atoms with Crippen molar-refractivity contribution in [3.8, 4) is 0 Å². The highest BCUT2D eigenvalue weighted by Crippen LogP contribution is 2.49. The molecular formula is C26H22N2OS2. The first-order valence-electron chi connectivity index (χ1n) is 9.92. The Labute approximate surface area is 190 Å². The van der Waals surface area contributed by atoms with E-state index in [0.717, 1.165) is 5.01 Å². The van der Waals surface area contributed by atoms with Crippen LogP contribution in [0.3, 0.4) is 0 Å². The minimum atomic E-state index is -0.416. The van der Waals surface area contributed by atoms with E-state index in [1.165, 1.54) is 28.0 Å². The summed E-state index contributed by atoms with van der Waals surface area (Å²) in [7, 11) is 1.61. The first kappa shape index (κ1) is 21.1. The summed E-state index contributed by atoms with van der Waals surface area (Å²) in [5.41, 5.74) is 4.05. The Morgan fingerprint density at radius 1 is 0.871 bits per heavy atom. The van der Waals surface area contributed by atoms with E-state index in [9.17, 15) is 4.79 Å². The van der Waals surface area contributed by atoms with Crippen LogP contribution in [-0.2, 0) is 4.75 Å². The predicted molar refractivity (Wildman–Crippen MR) is 131 cm³/mol. The number of hydrogen-bond acceptors (Lipinski definition) is 4. The molecule has 4 aromatic rings. The molecule has 0 atom stereocenters. The van der Waals surface area contributed by atoms with Crippen LogP contribution in [0.1, 0.15) is 32.2 Å². The van der Waals surface area contributed by atoms with Crippen LogP contribution in [-0.4, -0.2) is 17.9 Å². The zero-order chi connectivity index (χ0) is 21.5. The highest BCUT2D eigenvalue weighted by Gasteiger charge is 2.36. The zero-order valence-electron chi connectivity index (χ0n) is 17.1. The van der Waals surface area contributed by atoms with E-state index in [1.807, 2.05) is 24.3 Å². The van der Waals surface area contributed by atoms with Crippen LogP contribution >= 0.6 is 23.1 Å². The van der Waals surface area contributed by atoms with Gasteiger partial charge in [-0.25, -0.2) is 4.98 Å². The van der Waals surface area contributed by atoms with Gasteiger partial charge in [-0.1, -0.05) is 91.0 Å². The van der Waals surface area contributed by atoms with Crippen LogP contribution in [0, 0.1) is 0 Å². The number of hydrogen-bond donors (Lipinski definition) is 1. The van der Waals surface area contributed by atoms with Crippen LogP contribution in [0.15, 0.2) is 102 Å². The molecule has 3 aromatic carbocycles. The molecule has 154 valence electrons. The number of carbonyl (C=O) groups excluding carboxylic acids is 1. The molecular weight excluding hydrogens is 420 g/mol. The van der Waals surface area contributed by atoms with Crippen molar-refractivity contribution in [2.45, 2.75) is 4.75 Å². The van der Waals surface area contributed by atoms with Gasteiger partial charge in [0, 0.05) is 12.4 Å². The average molecular weight is 443 g/mol. The molecule has 0 spiro atoms. The summed E-state index contributed by atoms with van der Waals surface area (Å²) in [4.78, 5) is 16.2. The maximum absolute atomic E-state index is 11.8. The fraction of sp³-hybridized carbons (Fsp3) is 0.0769. The van der Waals surface area contributed by atoms with Crippen molar-refractivity contribution in [1.29, 1.82) is 0 Å². The van der Waals surface area contributed by atoms with E-state index < -0.39 is 4.75 Å². The third kappa shape index (κ3) is 4.48. The van der Waals surface area contributed by atoms with Gasteiger partial charge in [0.1, 0.15) is 10.7 Å². The van der Waals surface area contributed by atoms with Crippen molar-refractivity contribution in [1.82, 2.24) is 10.3 Å². The van der Waals surface area contributed by atoms with Gasteiger partial charge >= 0.3 is 0 Å². The van der Waals surface area contributed by atoms with Crippen molar-refractivity contribution in [3.63, 3.8) is 0 Å². The van der Waals surface area contributed by atoms with Crippen LogP contribution in [0.25, 0.3) is 6.08 Å². The van der Waals surface area contributed by atoms with Crippen LogP contribution < -0.4 is 5.32 Å². The van der Waals surface area contributed by atoms with Gasteiger partial charge in [-0.15, -0.1) is 23.1 Å². The van der Waals surface area contributed by atoms with E-state index >= 15 is 0 Å². The molecule has 0 radical (unpaired) electrons. The molecule has 31 heavy (non-hydrogen) atoms. The fourth-order valence-electron chi connectivity index (χ4n) is 3.51. The molecule has 0 saturated heterocycles. The summed E-state index contributed by atoms with van der Waals surface area (Å²) in [6.07, 6.45) is 1.98. The summed E-state index contributed by atoms with van der Waals surface area (Å²) in [5.74, 6) is -0.171. The van der Waals surface area contributed by atoms with Crippen molar-refractivity contribution < 1.29 is 4.79 Å². The molecule has 0 unspecified atom stereocenters. The summed E-state index contributed by atoms with van der Waals surface area (Å²) in [6.45, 7) is 0. The number of thiazole rings is 1. The average Bonchev–Trinajstić information content (AvgIpc) is 3.32. The molecule has 0 aliphatic carbocycles. The van der Waals surface area contributed by atoms with Gasteiger partial charge in [0.2, 0.25) is 0 Å². The normalized spacial score (nSPS) is 11.5. The Morgan fingerprint density at radius 3 is 1.81 bits per heavy atom. The minimum Gasteiger partial charge on any atom is -0.354 e. The SMILES string of the molecule is CNC(=O)c1csc(C=CSC(c2ccccc2)(c2ccccc2)c2ccccc2)n1. The number of benzene rings is 3. The number of aromatic nitrogens is 1. The van der Waals surface area contributed by atoms with Crippen molar-refractivity contribution in [2.75, 3.05) is 7.05 Å². The van der Waals surface area contributed by atoms with Gasteiger partial charge in [-0.05, 0) is 28.2 Å². The van der Waals surface area contributed by atoms with E-state index in [4.69, 9.17) is 0 Å². The van der Waals surface area contributed by atoms with Crippen molar-refractivity contribution in [2.24, 2.45) is 0 Å². The van der Waals surface area contributed by atoms with Gasteiger partial charge in [-0.2, -0.15) is 0 Å². The Balaban J connectivity index is 1.79. The van der Waals surface area contributed by atoms with E-state index in [1.54, 1.807) is 24.2 Å². The molecule has 0 aliphatic heterocycles. The van der Waals surface area contributed by atoms with Crippen LogP contribution in [0.5, 0.6) is 0 Å². The van der Waals surface area contributed by atoms with E-state index in [-0.39, 0.29) is 5.91 Å². The molecule has 5 heteroatoms. The van der Waals surface area contributed by atoms with E-state index in [2.05, 4.69) is 88.5 Å². The molecule has 1 aromatic heterocycles. The van der Waals surface area contributed by atoms with Gasteiger partial charge < -0.3 is 5.32 Å². The quantitative estimate of drug-likeness (QED) is 0.347. The first-order valence-corrected chi connectivity index (χ1v) is 11.7. The number of thioether (sulfide) groups is 1. The lowest BCUT2D eigenvalue weighted by atomic mass is 9.84. The third-order valence-corrected chi connectivity index (χ3v) is 7.12. The number of amides is 1. The lowest BCUT2D eigenvalue weighted by Crippen LogP contribution is -2.24. The minimum absolute atomic E-state index is 0.171. The molecule has 4 rings (SSSR count). The third-order valence-electron chi connectivity index (χ3n) is 4.98. The molecule has 1 heterocycles. The zero-order valence-corrected chi connectivity index (χ0v) is 18.7. The van der Waals surface area contributed by atoms with Crippen molar-refractivity contribution >= 4 is 35.1 Å². The molecule has 1 N–H and O–H groups in total. The molecule has 3 nitrogen and oxygen atoms in total. The second-order valence-electron chi connectivity index (χ2n) is 6.85. The van der Waals surface area contributed by atoms with Gasteiger partial charge in [-0.3, -0.25) is 4.79 Å². The van der Waals surface area contributed by atoms with Gasteiger partial charge in [0.15, 0.2) is 0 Å². The summed E-state index contributed by atoms with van der Waals surface area (Å²) in [6, 6.07) is 31.7. The highest BCUT2D eigenvalue weighted by atomic mass is 32.2. The largest absolute Gasteiger partial charge is 0.354 e. The smallest absolute Gasteiger partial charge is 0.270 e. The van der Waals surface area contributed by atoms with Crippen molar-refractivity contribution in [3.05, 3.63) is 129 Å². The molecule has 1 amide bonds. The lowest BCUT2D eigenvalue weighted by Gasteiger charge is -2.34. The molecule has 0 fully saturated rings. The second-order valence-corrected chi connectivity index (χ2v) is 8.86. The monoisotopic (exact) mass is 442 g/mol. The Hall–Kier alpha value is -3.15. The molecule has 0 saturated carbocycles. The Kier molecular flexibility index (Phi) is 6.65. The maximum atomic E-state index is 11.8.